The Morgan fingerprint density at radius 3 is 1.13 bits per heavy atom. The Balaban J connectivity index is 0.000000152. The normalized spacial score (nSPS) is 16.0. The van der Waals surface area contributed by atoms with Gasteiger partial charge in [-0.3, -0.25) is 9.59 Å². The van der Waals surface area contributed by atoms with Crippen molar-refractivity contribution in [2.75, 3.05) is 31.0 Å². The lowest BCUT2D eigenvalue weighted by molar-refractivity contribution is -0.204. The van der Waals surface area contributed by atoms with Crippen LogP contribution in [0.1, 0.15) is 202 Å². The topological polar surface area (TPSA) is 88.1 Å². The summed E-state index contributed by atoms with van der Waals surface area (Å²) in [6, 6.07) is 95.0. The fourth-order valence-corrected chi connectivity index (χ4v) is 33.8. The van der Waals surface area contributed by atoms with Gasteiger partial charge in [-0.25, -0.2) is 4.79 Å². The lowest BCUT2D eigenvalue weighted by atomic mass is 9.50. The van der Waals surface area contributed by atoms with Crippen LogP contribution in [0.5, 0.6) is 17.2 Å². The summed E-state index contributed by atoms with van der Waals surface area (Å²) in [6.45, 7) is 23.1. The molecule has 4 fully saturated rings. The SMILES string of the molecule is CCCCCCCCCCC(=O)Oc1c(C)cc([S+](c2ccccc2)c2ccccc2)cc1C.CCCC[S+](CCCC)CCCC.COc1c(C)cc([S+](c2ccccc2)C(F)(F)F)cc1C.Cc1cc(-[s+]2c3ccccc3c3ccccc32)cc(C)c1OCC(=O)OC1(C)C2CC3CC(C2)CC1C3.FC(F)(F)[S+](c1ccccc1)c1ccccc1.O=c1c2ccccc2[s+](-c2ccccc2)c2ccc(C(F)(F)F)cc12. The van der Waals surface area contributed by atoms with Crippen LogP contribution in [0.3, 0.4) is 0 Å². The van der Waals surface area contributed by atoms with Crippen LogP contribution in [0, 0.1) is 65.2 Å². The van der Waals surface area contributed by atoms with Crippen molar-refractivity contribution in [2.24, 2.45) is 23.7 Å². The van der Waals surface area contributed by atoms with Gasteiger partial charge >= 0.3 is 29.1 Å². The van der Waals surface area contributed by atoms with Crippen LogP contribution >= 0.6 is 20.9 Å². The summed E-state index contributed by atoms with van der Waals surface area (Å²) in [4.78, 5) is 45.6. The summed E-state index contributed by atoms with van der Waals surface area (Å²) in [7, 11) is -2.48. The maximum atomic E-state index is 13.5. The van der Waals surface area contributed by atoms with E-state index < -0.39 is 55.0 Å². The van der Waals surface area contributed by atoms with Crippen LogP contribution in [0.4, 0.5) is 39.5 Å². The van der Waals surface area contributed by atoms with Gasteiger partial charge in [0.1, 0.15) is 40.1 Å². The number of esters is 2. The molecule has 19 rings (SSSR count). The lowest BCUT2D eigenvalue weighted by Crippen LogP contribution is -2.58. The van der Waals surface area contributed by atoms with Gasteiger partial charge in [0.25, 0.3) is 0 Å². The molecule has 0 spiro atoms. The minimum absolute atomic E-state index is 0.0275. The Kier molecular flexibility index (Phi) is 41.8. The number of methoxy groups -OCH3 is 1. The number of carbonyl (C=O) groups is 2. The van der Waals surface area contributed by atoms with Gasteiger partial charge in [-0.2, -0.15) is 13.2 Å². The number of unbranched alkanes of at least 4 members (excludes halogenated alkanes) is 10. The molecule has 4 aliphatic rings. The van der Waals surface area contributed by atoms with Gasteiger partial charge in [-0.15, -0.1) is 26.3 Å². The number of halogens is 9. The van der Waals surface area contributed by atoms with Crippen molar-refractivity contribution in [2.45, 2.75) is 262 Å². The molecule has 0 radical (unpaired) electrons. The first-order valence-electron chi connectivity index (χ1n) is 51.5. The molecule has 0 N–H and O–H groups in total. The van der Waals surface area contributed by atoms with Crippen LogP contribution < -0.4 is 19.6 Å². The van der Waals surface area contributed by atoms with E-state index >= 15 is 0 Å². The molecule has 4 aliphatic carbocycles. The molecule has 2 heterocycles. The van der Waals surface area contributed by atoms with Crippen molar-refractivity contribution in [1.29, 1.82) is 0 Å². The van der Waals surface area contributed by atoms with Crippen molar-refractivity contribution in [3.05, 3.63) is 359 Å². The van der Waals surface area contributed by atoms with Crippen molar-refractivity contribution in [3.8, 4) is 27.0 Å². The van der Waals surface area contributed by atoms with E-state index in [1.54, 1.807) is 92.7 Å². The molecule has 0 amide bonds. The maximum Gasteiger partial charge on any atom is 0.586 e. The van der Waals surface area contributed by atoms with Crippen molar-refractivity contribution in [3.63, 3.8) is 0 Å². The molecule has 4 bridgehead atoms. The fraction of sp³-hybridized carbons (Fsp3) is 0.352. The highest BCUT2D eigenvalue weighted by Crippen LogP contribution is 2.60. The molecular weight excluding hydrogens is 1980 g/mol. The molecule has 4 saturated carbocycles. The van der Waals surface area contributed by atoms with Crippen LogP contribution in [0.15, 0.2) is 348 Å². The molecule has 7 nitrogen and oxygen atoms in total. The average molecular weight is 2120 g/mol. The molecule has 2 unspecified atom stereocenters. The Bertz CT molecular complexity index is 6570. The number of aryl methyl sites for hydroxylation is 6. The summed E-state index contributed by atoms with van der Waals surface area (Å²) in [6.07, 6.45) is 20.6. The van der Waals surface area contributed by atoms with Gasteiger partial charge in [0.2, 0.25) is 5.43 Å². The third-order valence-corrected chi connectivity index (χ3v) is 40.7. The largest absolute Gasteiger partial charge is 0.586 e. The third kappa shape index (κ3) is 29.9. The number of rotatable bonds is 33. The number of ether oxygens (including phenoxy) is 4. The second kappa shape index (κ2) is 54.1. The first kappa shape index (κ1) is 113. The van der Waals surface area contributed by atoms with Gasteiger partial charge < -0.3 is 18.9 Å². The number of thiophene rings is 1. The van der Waals surface area contributed by atoms with E-state index in [1.165, 1.54) is 216 Å². The molecule has 2 atom stereocenters. The van der Waals surface area contributed by atoms with E-state index in [0.717, 1.165) is 91.1 Å². The van der Waals surface area contributed by atoms with Crippen LogP contribution in [0.2, 0.25) is 0 Å². The highest BCUT2D eigenvalue weighted by Gasteiger charge is 2.58. The molecule has 2 aromatic heterocycles. The van der Waals surface area contributed by atoms with Crippen molar-refractivity contribution < 1.29 is 68.1 Å². The van der Waals surface area contributed by atoms with E-state index in [4.69, 9.17) is 18.9 Å². The van der Waals surface area contributed by atoms with Crippen LogP contribution in [-0.2, 0) is 64.1 Å². The number of benzene rings is 13. The quantitative estimate of drug-likeness (QED) is 0.0101. The van der Waals surface area contributed by atoms with E-state index in [1.807, 2.05) is 56.3 Å². The number of hydrogen-bond donors (Lipinski definition) is 0. The van der Waals surface area contributed by atoms with E-state index in [9.17, 15) is 53.9 Å². The number of alkyl halides is 9. The van der Waals surface area contributed by atoms with Crippen LogP contribution in [0.25, 0.3) is 50.1 Å². The van der Waals surface area contributed by atoms with Gasteiger partial charge in [0.15, 0.2) is 91.3 Å². The second-order valence-electron chi connectivity index (χ2n) is 38.4. The standard InChI is InChI=1S/C33H35O3S.C31H39O2S.C20H12F3OS.C16H16F3OS.C13H10F3S.C12H27S/c1-20-12-26(37-29-10-6-4-8-27(29)28-9-5-7-11-30(28)37)13-21(2)32(20)35-19-31(34)36-33(3)24-15-22-14-23(17-24)18-25(33)16-22;1-4-5-6-7-8-9-10-17-22-30(32)33-31-25(2)23-29(24-26(31)3)34(27-18-13-11-14-19-27)28-20-15-12-16-21-28;21-20(22,23)13-10-11-18-16(12-13)19(24)15-8-4-5-9-17(15)25(18)14-6-2-1-3-7-14;1-11-9-14(10-12(2)15(11)20-3)21(16(17,18)19)13-7-5-4-6-8-13;14-13(15,16)17(11-7-3-1-4-8-11)12-9-5-2-6-10-12;1-4-7-10-13(11-8-5-2)12-9-6-3/h4-13,22-25H,14-19H2,1-3H3;11-16,18-21,23-24H,4-10,17,22H2,1-3H3;1-12H;4-10H,1-3H3;1-10H;4-12H2,1-3H3/q6*+1. The van der Waals surface area contributed by atoms with Crippen molar-refractivity contribution >= 4 is 117 Å². The summed E-state index contributed by atoms with van der Waals surface area (Å²) < 4.78 is 147. The summed E-state index contributed by atoms with van der Waals surface area (Å²) >= 11 is 0. The molecule has 0 aliphatic heterocycles. The molecule has 22 heteroatoms. The third-order valence-electron chi connectivity index (χ3n) is 27.4. The monoisotopic (exact) mass is 2110 g/mol. The highest BCUT2D eigenvalue weighted by molar-refractivity contribution is 7.98. The summed E-state index contributed by atoms with van der Waals surface area (Å²) in [5.74, 6) is 9.11. The first-order chi connectivity index (χ1) is 70.7. The van der Waals surface area contributed by atoms with Gasteiger partial charge in [0, 0.05) is 74.5 Å². The van der Waals surface area contributed by atoms with E-state index in [-0.39, 0.29) is 66.1 Å². The predicted molar refractivity (Wildman–Crippen MR) is 601 cm³/mol. The zero-order valence-electron chi connectivity index (χ0n) is 86.4. The lowest BCUT2D eigenvalue weighted by Gasteiger charge is -2.59. The fourth-order valence-electron chi connectivity index (χ4n) is 20.5. The molecule has 774 valence electrons. The summed E-state index contributed by atoms with van der Waals surface area (Å²) in [5.41, 5.74) is -4.42. The molecule has 13 aromatic carbocycles. The Labute approximate surface area is 880 Å². The number of hydrogen-bond acceptors (Lipinski definition) is 7. The smallest absolute Gasteiger partial charge is 0.496 e. The minimum atomic E-state index is -4.47. The Hall–Kier alpha value is -10.7. The molecule has 0 saturated heterocycles. The van der Waals surface area contributed by atoms with E-state index in [2.05, 4.69) is 182 Å². The minimum Gasteiger partial charge on any atom is -0.496 e. The number of fused-ring (bicyclic) bond motifs is 5. The first-order valence-corrected chi connectivity index (χ1v) is 59.4. The van der Waals surface area contributed by atoms with E-state index in [0.29, 0.717) is 55.0 Å². The van der Waals surface area contributed by atoms with Crippen molar-refractivity contribution in [1.82, 2.24) is 0 Å². The zero-order chi connectivity index (χ0) is 105. The Morgan fingerprint density at radius 2 is 0.707 bits per heavy atom. The highest BCUT2D eigenvalue weighted by atomic mass is 32.2. The van der Waals surface area contributed by atoms with Gasteiger partial charge in [-0.1, -0.05) is 237 Å². The van der Waals surface area contributed by atoms with Gasteiger partial charge in [0.05, 0.1) is 34.3 Å². The van der Waals surface area contributed by atoms with Crippen LogP contribution in [-0.4, -0.2) is 59.5 Å². The molecule has 147 heavy (non-hydrogen) atoms. The number of carbonyl (C=O) groups excluding carboxylic acids is 2. The van der Waals surface area contributed by atoms with Gasteiger partial charge in [-0.05, 0) is 302 Å². The Morgan fingerprint density at radius 1 is 0.354 bits per heavy atom. The molecule has 15 aromatic rings. The maximum absolute atomic E-state index is 13.5. The zero-order valence-corrected chi connectivity index (χ0v) is 91.3. The second-order valence-corrected chi connectivity index (χ2v) is 50.9. The summed E-state index contributed by atoms with van der Waals surface area (Å²) in [5, 5.41) is 3.28. The average Bonchev–Trinajstić information content (AvgIpc) is 1.73. The molecular formula is C125H139F9O7S6+6. The predicted octanol–water partition coefficient (Wildman–Crippen LogP) is 36.5.